The summed E-state index contributed by atoms with van der Waals surface area (Å²) < 4.78 is 10.6. The van der Waals surface area contributed by atoms with Gasteiger partial charge in [0, 0.05) is 19.7 Å². The van der Waals surface area contributed by atoms with Crippen LogP contribution in [0.2, 0.25) is 0 Å². The Balaban J connectivity index is 1.80. The Morgan fingerprint density at radius 2 is 2.05 bits per heavy atom. The van der Waals surface area contributed by atoms with Gasteiger partial charge in [-0.3, -0.25) is 4.79 Å². The molecule has 2 rings (SSSR count). The number of carbonyl (C=O) groups excluding carboxylic acids is 1. The van der Waals surface area contributed by atoms with Gasteiger partial charge in [0.1, 0.15) is 0 Å². The van der Waals surface area contributed by atoms with Crippen molar-refractivity contribution in [1.29, 1.82) is 0 Å². The molecular formula is C13H22N2O5. The number of aliphatic carboxylic acids is 1. The molecule has 0 aromatic rings. The zero-order valence-corrected chi connectivity index (χ0v) is 11.5. The van der Waals surface area contributed by atoms with Crippen LogP contribution < -0.4 is 5.32 Å². The van der Waals surface area contributed by atoms with Gasteiger partial charge in [0.2, 0.25) is 0 Å². The van der Waals surface area contributed by atoms with Crippen molar-refractivity contribution in [2.24, 2.45) is 5.92 Å². The summed E-state index contributed by atoms with van der Waals surface area (Å²) in [6.45, 7) is 3.24. The Bertz CT molecular complexity index is 344. The summed E-state index contributed by atoms with van der Waals surface area (Å²) >= 11 is 0. The fraction of sp³-hybridized carbons (Fsp3) is 0.846. The number of carboxylic acid groups (broad SMARTS) is 1. The fourth-order valence-electron chi connectivity index (χ4n) is 2.59. The van der Waals surface area contributed by atoms with Crippen LogP contribution in [0.4, 0.5) is 4.79 Å². The maximum atomic E-state index is 12.2. The van der Waals surface area contributed by atoms with Gasteiger partial charge in [0.15, 0.2) is 0 Å². The van der Waals surface area contributed by atoms with E-state index in [-0.39, 0.29) is 25.1 Å². The van der Waals surface area contributed by atoms with Gasteiger partial charge in [-0.2, -0.15) is 0 Å². The van der Waals surface area contributed by atoms with Crippen molar-refractivity contribution >= 4 is 12.0 Å². The Morgan fingerprint density at radius 1 is 1.25 bits per heavy atom. The third-order valence-corrected chi connectivity index (χ3v) is 3.70. The van der Waals surface area contributed by atoms with Gasteiger partial charge in [-0.15, -0.1) is 0 Å². The fourth-order valence-corrected chi connectivity index (χ4v) is 2.59. The average Bonchev–Trinajstić information content (AvgIpc) is 2.46. The summed E-state index contributed by atoms with van der Waals surface area (Å²) in [6.07, 6.45) is 2.00. The third-order valence-electron chi connectivity index (χ3n) is 3.70. The van der Waals surface area contributed by atoms with Crippen molar-refractivity contribution in [2.75, 3.05) is 39.5 Å². The van der Waals surface area contributed by atoms with Crippen LogP contribution in [0.3, 0.4) is 0 Å². The lowest BCUT2D eigenvalue weighted by atomic mass is 10.0. The first kappa shape index (κ1) is 15.1. The number of hydrogen-bond donors (Lipinski definition) is 2. The Kier molecular flexibility index (Phi) is 5.60. The number of rotatable bonds is 4. The largest absolute Gasteiger partial charge is 0.481 e. The first-order valence-electron chi connectivity index (χ1n) is 7.08. The summed E-state index contributed by atoms with van der Waals surface area (Å²) in [7, 11) is 0. The number of carboxylic acids is 1. The lowest BCUT2D eigenvalue weighted by molar-refractivity contribution is -0.139. The molecule has 114 valence electrons. The van der Waals surface area contributed by atoms with E-state index in [9.17, 15) is 9.59 Å². The summed E-state index contributed by atoms with van der Waals surface area (Å²) in [6, 6.07) is -0.589. The second-order valence-electron chi connectivity index (χ2n) is 5.29. The lowest BCUT2D eigenvalue weighted by Crippen LogP contribution is -2.53. The molecule has 2 fully saturated rings. The van der Waals surface area contributed by atoms with Crippen LogP contribution >= 0.6 is 0 Å². The van der Waals surface area contributed by atoms with Gasteiger partial charge in [-0.25, -0.2) is 4.79 Å². The van der Waals surface area contributed by atoms with Crippen LogP contribution in [0.25, 0.3) is 0 Å². The minimum absolute atomic E-state index is 0.0834. The number of amides is 2. The molecule has 2 atom stereocenters. The highest BCUT2D eigenvalue weighted by atomic mass is 16.5. The molecule has 2 amide bonds. The molecule has 7 nitrogen and oxygen atoms in total. The predicted octanol–water partition coefficient (Wildman–Crippen LogP) is 0.298. The second kappa shape index (κ2) is 7.44. The molecule has 0 radical (unpaired) electrons. The van der Waals surface area contributed by atoms with E-state index in [1.54, 1.807) is 4.90 Å². The molecule has 0 aromatic heterocycles. The number of hydrogen-bond acceptors (Lipinski definition) is 4. The zero-order valence-electron chi connectivity index (χ0n) is 11.5. The topological polar surface area (TPSA) is 88.1 Å². The van der Waals surface area contributed by atoms with Gasteiger partial charge < -0.3 is 24.8 Å². The van der Waals surface area contributed by atoms with E-state index >= 15 is 0 Å². The van der Waals surface area contributed by atoms with Crippen LogP contribution in [-0.2, 0) is 14.3 Å². The Labute approximate surface area is 118 Å². The Morgan fingerprint density at radius 3 is 2.75 bits per heavy atom. The molecule has 2 aliphatic rings. The second-order valence-corrected chi connectivity index (χ2v) is 5.29. The van der Waals surface area contributed by atoms with Crippen molar-refractivity contribution in [3.63, 3.8) is 0 Å². The van der Waals surface area contributed by atoms with Crippen molar-refractivity contribution in [2.45, 2.75) is 25.3 Å². The maximum Gasteiger partial charge on any atom is 0.317 e. The minimum atomic E-state index is -0.918. The van der Waals surface area contributed by atoms with E-state index in [2.05, 4.69) is 5.32 Å². The van der Waals surface area contributed by atoms with Gasteiger partial charge in [-0.1, -0.05) is 0 Å². The van der Waals surface area contributed by atoms with E-state index in [1.807, 2.05) is 0 Å². The van der Waals surface area contributed by atoms with E-state index in [0.29, 0.717) is 32.2 Å². The summed E-state index contributed by atoms with van der Waals surface area (Å²) in [5, 5.41) is 11.8. The van der Waals surface area contributed by atoms with Gasteiger partial charge in [-0.05, 0) is 18.8 Å². The van der Waals surface area contributed by atoms with Crippen LogP contribution in [0.15, 0.2) is 0 Å². The molecular weight excluding hydrogens is 264 g/mol. The van der Waals surface area contributed by atoms with Crippen molar-refractivity contribution in [1.82, 2.24) is 10.2 Å². The molecule has 20 heavy (non-hydrogen) atoms. The molecule has 2 saturated heterocycles. The first-order chi connectivity index (χ1) is 9.66. The smallest absolute Gasteiger partial charge is 0.317 e. The van der Waals surface area contributed by atoms with E-state index < -0.39 is 5.97 Å². The maximum absolute atomic E-state index is 12.2. The minimum Gasteiger partial charge on any atom is -0.481 e. The highest BCUT2D eigenvalue weighted by Crippen LogP contribution is 2.14. The molecule has 0 bridgehead atoms. The molecule has 2 heterocycles. The van der Waals surface area contributed by atoms with Crippen LogP contribution in [0, 0.1) is 5.92 Å². The van der Waals surface area contributed by atoms with Crippen LogP contribution in [0.5, 0.6) is 0 Å². The molecule has 2 N–H and O–H groups in total. The van der Waals surface area contributed by atoms with Gasteiger partial charge >= 0.3 is 12.0 Å². The first-order valence-corrected chi connectivity index (χ1v) is 7.08. The number of nitrogens with one attached hydrogen (secondary N) is 1. The van der Waals surface area contributed by atoms with Gasteiger partial charge in [0.05, 0.1) is 32.3 Å². The SMILES string of the molecule is O=C(O)CC1COCCN1C(=O)NCC1CCCOC1. The van der Waals surface area contributed by atoms with Crippen molar-refractivity contribution < 1.29 is 24.2 Å². The molecule has 0 saturated carbocycles. The van der Waals surface area contributed by atoms with E-state index in [4.69, 9.17) is 14.6 Å². The lowest BCUT2D eigenvalue weighted by Gasteiger charge is -2.35. The number of nitrogens with zero attached hydrogens (tertiary/aromatic N) is 1. The monoisotopic (exact) mass is 286 g/mol. The van der Waals surface area contributed by atoms with Crippen LogP contribution in [-0.4, -0.2) is 67.6 Å². The van der Waals surface area contributed by atoms with Crippen molar-refractivity contribution in [3.8, 4) is 0 Å². The quantitative estimate of drug-likeness (QED) is 0.776. The molecule has 0 spiro atoms. The number of ether oxygens (including phenoxy) is 2. The summed E-state index contributed by atoms with van der Waals surface area (Å²) in [5.41, 5.74) is 0. The normalized spacial score (nSPS) is 27.1. The number of urea groups is 1. The number of morpholine rings is 1. The summed E-state index contributed by atoms with van der Waals surface area (Å²) in [4.78, 5) is 24.5. The third kappa shape index (κ3) is 4.35. The van der Waals surface area contributed by atoms with E-state index in [0.717, 1.165) is 19.4 Å². The standard InChI is InChI=1S/C13H22N2O5/c16-12(17)6-11-9-20-5-3-15(11)13(18)14-7-10-2-1-4-19-8-10/h10-11H,1-9H2,(H,14,18)(H,16,17). The van der Waals surface area contributed by atoms with Crippen LogP contribution in [0.1, 0.15) is 19.3 Å². The highest BCUT2D eigenvalue weighted by molar-refractivity contribution is 5.76. The molecule has 2 aliphatic heterocycles. The Hall–Kier alpha value is -1.34. The summed E-state index contributed by atoms with van der Waals surface area (Å²) in [5.74, 6) is -0.564. The van der Waals surface area contributed by atoms with Crippen molar-refractivity contribution in [3.05, 3.63) is 0 Å². The zero-order chi connectivity index (χ0) is 14.4. The molecule has 2 unspecified atom stereocenters. The molecule has 7 heteroatoms. The average molecular weight is 286 g/mol. The van der Waals surface area contributed by atoms with Gasteiger partial charge in [0.25, 0.3) is 0 Å². The van der Waals surface area contributed by atoms with E-state index in [1.165, 1.54) is 0 Å². The molecule has 0 aromatic carbocycles. The highest BCUT2D eigenvalue weighted by Gasteiger charge is 2.29. The molecule has 0 aliphatic carbocycles. The predicted molar refractivity (Wildman–Crippen MR) is 70.5 cm³/mol. The number of carbonyl (C=O) groups is 2.